The maximum Gasteiger partial charge on any atom is 0.410 e. The van der Waals surface area contributed by atoms with Crippen LogP contribution in [-0.4, -0.2) is 87.4 Å². The number of hydrogen-bond acceptors (Lipinski definition) is 7. The fourth-order valence-electron chi connectivity index (χ4n) is 3.92. The van der Waals surface area contributed by atoms with E-state index in [9.17, 15) is 19.5 Å². The molecule has 1 atom stereocenters. The Hall–Kier alpha value is -3.53. The Balaban J connectivity index is 1.78. The van der Waals surface area contributed by atoms with Crippen LogP contribution in [0.3, 0.4) is 0 Å². The van der Waals surface area contributed by atoms with Gasteiger partial charge in [0.25, 0.3) is 11.8 Å². The van der Waals surface area contributed by atoms with E-state index in [1.807, 2.05) is 65.0 Å². The number of aliphatic hydroxyl groups is 1. The molecule has 0 bridgehead atoms. The number of amides is 3. The van der Waals surface area contributed by atoms with E-state index in [1.165, 1.54) is 0 Å². The second-order valence-electron chi connectivity index (χ2n) is 10.5. The number of nitrogens with zero attached hydrogens (tertiary/aromatic N) is 4. The lowest BCUT2D eigenvalue weighted by Gasteiger charge is -2.35. The average molecular weight is 512 g/mol. The minimum Gasteiger partial charge on any atom is -0.444 e. The van der Waals surface area contributed by atoms with Gasteiger partial charge >= 0.3 is 6.09 Å². The van der Waals surface area contributed by atoms with Crippen LogP contribution in [0.15, 0.2) is 36.4 Å². The largest absolute Gasteiger partial charge is 0.444 e. The molecule has 10 heteroatoms. The molecule has 10 nitrogen and oxygen atoms in total. The van der Waals surface area contributed by atoms with Crippen LogP contribution in [0.25, 0.3) is 0 Å². The van der Waals surface area contributed by atoms with Gasteiger partial charge in [-0.25, -0.2) is 4.79 Å². The highest BCUT2D eigenvalue weighted by molar-refractivity contribution is 5.96. The molecule has 200 valence electrons. The van der Waals surface area contributed by atoms with Crippen LogP contribution >= 0.6 is 0 Å². The number of aliphatic hydroxyl groups excluding tert-OH is 1. The Morgan fingerprint density at radius 1 is 1.03 bits per heavy atom. The van der Waals surface area contributed by atoms with Gasteiger partial charge in [-0.1, -0.05) is 44.2 Å². The molecule has 2 heterocycles. The zero-order valence-corrected chi connectivity index (χ0v) is 22.2. The Labute approximate surface area is 218 Å². The van der Waals surface area contributed by atoms with E-state index in [0.29, 0.717) is 38.2 Å². The third-order valence-corrected chi connectivity index (χ3v) is 6.08. The molecule has 3 amide bonds. The highest BCUT2D eigenvalue weighted by Crippen LogP contribution is 2.17. The smallest absolute Gasteiger partial charge is 0.410 e. The Morgan fingerprint density at radius 3 is 2.22 bits per heavy atom. The summed E-state index contributed by atoms with van der Waals surface area (Å²) in [6.07, 6.45) is -0.0143. The second-order valence-corrected chi connectivity index (χ2v) is 10.5. The van der Waals surface area contributed by atoms with Crippen molar-refractivity contribution in [3.8, 4) is 0 Å². The van der Waals surface area contributed by atoms with Crippen LogP contribution in [0.4, 0.5) is 4.79 Å². The minimum atomic E-state index is -0.588. The van der Waals surface area contributed by atoms with E-state index in [-0.39, 0.29) is 29.8 Å². The van der Waals surface area contributed by atoms with Crippen molar-refractivity contribution in [1.82, 2.24) is 25.3 Å². The average Bonchev–Trinajstić information content (AvgIpc) is 2.86. The molecule has 0 radical (unpaired) electrons. The van der Waals surface area contributed by atoms with Gasteiger partial charge < -0.3 is 25.0 Å². The Morgan fingerprint density at radius 2 is 1.65 bits per heavy atom. The van der Waals surface area contributed by atoms with Crippen molar-refractivity contribution in [3.63, 3.8) is 0 Å². The standard InChI is InChI=1S/C27H37N5O5/c1-18(2)22(17-33)28-24(34)23-20(15-19-9-7-6-8-10-19)16-21(29-30-23)25(35)31-11-13-32(14-12-31)26(36)37-27(3,4)5/h6-10,16,18,22,33H,11-15,17H2,1-5H3,(H,28,34). The van der Waals surface area contributed by atoms with E-state index >= 15 is 0 Å². The molecule has 1 aromatic heterocycles. The third-order valence-electron chi connectivity index (χ3n) is 6.08. The molecule has 2 N–H and O–H groups in total. The number of benzene rings is 1. The molecule has 1 aliphatic rings. The van der Waals surface area contributed by atoms with Gasteiger partial charge in [-0.05, 0) is 50.3 Å². The van der Waals surface area contributed by atoms with Gasteiger partial charge in [0.15, 0.2) is 11.4 Å². The second kappa shape index (κ2) is 12.1. The number of carbonyl (C=O) groups is 3. The number of hydrogen-bond donors (Lipinski definition) is 2. The summed E-state index contributed by atoms with van der Waals surface area (Å²) < 4.78 is 5.42. The highest BCUT2D eigenvalue weighted by atomic mass is 16.6. The lowest BCUT2D eigenvalue weighted by molar-refractivity contribution is 0.0140. The molecular formula is C27H37N5O5. The molecule has 1 fully saturated rings. The van der Waals surface area contributed by atoms with Crippen molar-refractivity contribution >= 4 is 17.9 Å². The highest BCUT2D eigenvalue weighted by Gasteiger charge is 2.29. The molecule has 0 saturated carbocycles. The first kappa shape index (κ1) is 28.0. The molecule has 1 unspecified atom stereocenters. The van der Waals surface area contributed by atoms with E-state index < -0.39 is 23.6 Å². The summed E-state index contributed by atoms with van der Waals surface area (Å²) >= 11 is 0. The van der Waals surface area contributed by atoms with Crippen molar-refractivity contribution in [2.24, 2.45) is 5.92 Å². The first-order chi connectivity index (χ1) is 17.5. The predicted molar refractivity (Wildman–Crippen MR) is 138 cm³/mol. The van der Waals surface area contributed by atoms with Crippen molar-refractivity contribution in [2.75, 3.05) is 32.8 Å². The summed E-state index contributed by atoms with van der Waals surface area (Å²) in [4.78, 5) is 41.9. The number of nitrogens with one attached hydrogen (secondary N) is 1. The maximum atomic E-state index is 13.3. The van der Waals surface area contributed by atoms with E-state index in [0.717, 1.165) is 5.56 Å². The van der Waals surface area contributed by atoms with Gasteiger partial charge in [0, 0.05) is 26.2 Å². The van der Waals surface area contributed by atoms with Crippen LogP contribution in [0.1, 0.15) is 66.7 Å². The Kier molecular flexibility index (Phi) is 9.20. The van der Waals surface area contributed by atoms with Gasteiger partial charge in [0.05, 0.1) is 12.6 Å². The normalized spacial score (nSPS) is 14.9. The van der Waals surface area contributed by atoms with Gasteiger partial charge in [-0.15, -0.1) is 10.2 Å². The van der Waals surface area contributed by atoms with Crippen molar-refractivity contribution in [3.05, 3.63) is 58.9 Å². The first-order valence-corrected chi connectivity index (χ1v) is 12.6. The Bertz CT molecular complexity index is 1090. The van der Waals surface area contributed by atoms with Crippen LogP contribution in [0.5, 0.6) is 0 Å². The fraction of sp³-hybridized carbons (Fsp3) is 0.519. The molecule has 1 aromatic carbocycles. The van der Waals surface area contributed by atoms with Gasteiger partial charge in [0.2, 0.25) is 0 Å². The lowest BCUT2D eigenvalue weighted by Crippen LogP contribution is -2.51. The van der Waals surface area contributed by atoms with Crippen LogP contribution < -0.4 is 5.32 Å². The van der Waals surface area contributed by atoms with E-state index in [2.05, 4.69) is 15.5 Å². The summed E-state index contributed by atoms with van der Waals surface area (Å²) in [7, 11) is 0. The van der Waals surface area contributed by atoms with Gasteiger partial charge in [-0.3, -0.25) is 9.59 Å². The third kappa shape index (κ3) is 7.72. The molecular weight excluding hydrogens is 474 g/mol. The number of piperazine rings is 1. The molecule has 1 aliphatic heterocycles. The van der Waals surface area contributed by atoms with Gasteiger partial charge in [-0.2, -0.15) is 0 Å². The first-order valence-electron chi connectivity index (χ1n) is 12.6. The summed E-state index contributed by atoms with van der Waals surface area (Å²) in [6.45, 7) is 10.4. The number of ether oxygens (including phenoxy) is 1. The zero-order valence-electron chi connectivity index (χ0n) is 22.2. The lowest BCUT2D eigenvalue weighted by atomic mass is 10.0. The summed E-state index contributed by atoms with van der Waals surface area (Å²) in [5.74, 6) is -0.733. The summed E-state index contributed by atoms with van der Waals surface area (Å²) in [5.41, 5.74) is 1.19. The number of carbonyl (C=O) groups excluding carboxylic acids is 3. The minimum absolute atomic E-state index is 0.0275. The van der Waals surface area contributed by atoms with Crippen LogP contribution in [0, 0.1) is 5.92 Å². The maximum absolute atomic E-state index is 13.3. The fourth-order valence-corrected chi connectivity index (χ4v) is 3.92. The van der Waals surface area contributed by atoms with Crippen LogP contribution in [0.2, 0.25) is 0 Å². The molecule has 1 saturated heterocycles. The van der Waals surface area contributed by atoms with Crippen LogP contribution in [-0.2, 0) is 11.2 Å². The molecule has 37 heavy (non-hydrogen) atoms. The molecule has 3 rings (SSSR count). The predicted octanol–water partition coefficient (Wildman–Crippen LogP) is 2.51. The molecule has 2 aromatic rings. The van der Waals surface area contributed by atoms with Crippen molar-refractivity contribution in [2.45, 2.75) is 52.7 Å². The van der Waals surface area contributed by atoms with Crippen molar-refractivity contribution in [1.29, 1.82) is 0 Å². The van der Waals surface area contributed by atoms with E-state index in [4.69, 9.17) is 4.74 Å². The number of rotatable bonds is 7. The quantitative estimate of drug-likeness (QED) is 0.585. The molecule has 0 aliphatic carbocycles. The SMILES string of the molecule is CC(C)C(CO)NC(=O)c1nnc(C(=O)N2CCN(C(=O)OC(C)(C)C)CC2)cc1Cc1ccccc1. The topological polar surface area (TPSA) is 125 Å². The van der Waals surface area contributed by atoms with Crippen molar-refractivity contribution < 1.29 is 24.2 Å². The molecule has 0 spiro atoms. The zero-order chi connectivity index (χ0) is 27.2. The summed E-state index contributed by atoms with van der Waals surface area (Å²) in [6, 6.07) is 10.8. The number of aromatic nitrogens is 2. The van der Waals surface area contributed by atoms with E-state index in [1.54, 1.807) is 15.9 Å². The monoisotopic (exact) mass is 511 g/mol. The summed E-state index contributed by atoms with van der Waals surface area (Å²) in [5, 5.41) is 20.7. The van der Waals surface area contributed by atoms with Gasteiger partial charge in [0.1, 0.15) is 5.60 Å².